The molecule has 1 aliphatic carbocycles. The highest BCUT2D eigenvalue weighted by atomic mass is 19.1. The van der Waals surface area contributed by atoms with Crippen LogP contribution in [0.25, 0.3) is 0 Å². The van der Waals surface area contributed by atoms with Gasteiger partial charge in [0.1, 0.15) is 5.82 Å². The summed E-state index contributed by atoms with van der Waals surface area (Å²) in [6.45, 7) is 0. The van der Waals surface area contributed by atoms with Gasteiger partial charge in [-0.15, -0.1) is 0 Å². The maximum absolute atomic E-state index is 13.1. The predicted molar refractivity (Wildman–Crippen MR) is 62.6 cm³/mol. The Labute approximate surface area is 97.7 Å². The zero-order valence-electron chi connectivity index (χ0n) is 9.29. The molecular formula is C13H13FN2O. The fraction of sp³-hybridized carbons (Fsp3) is 0.308. The van der Waals surface area contributed by atoms with Crippen molar-refractivity contribution < 1.29 is 4.39 Å². The third-order valence-corrected chi connectivity index (χ3v) is 3.42. The number of aryl methyl sites for hydroxylation is 1. The minimum Gasteiger partial charge on any atom is -0.313 e. The molecule has 1 atom stereocenters. The molecule has 0 saturated carbocycles. The topological polar surface area (TPSA) is 48.6 Å². The van der Waals surface area contributed by atoms with Crippen LogP contribution >= 0.6 is 0 Å². The molecule has 2 aromatic rings. The standard InChI is InChI=1S/C13H13FN2O/c14-10-3-4-12-8(5-10)1-2-9(12)6-11-7-15-13(17)16-11/h3-5,7,9H,1-2,6H2,(H2,15,16,17)/t9-/m0/s1. The summed E-state index contributed by atoms with van der Waals surface area (Å²) < 4.78 is 13.1. The van der Waals surface area contributed by atoms with E-state index in [2.05, 4.69) is 9.97 Å². The number of fused-ring (bicyclic) bond motifs is 1. The highest BCUT2D eigenvalue weighted by molar-refractivity contribution is 5.36. The SMILES string of the molecule is O=c1[nH]cc(C[C@@H]2CCc3cc(F)ccc32)[nH]1. The first-order valence-corrected chi connectivity index (χ1v) is 5.77. The van der Waals surface area contributed by atoms with Gasteiger partial charge in [0.25, 0.3) is 0 Å². The monoisotopic (exact) mass is 232 g/mol. The van der Waals surface area contributed by atoms with E-state index in [0.29, 0.717) is 5.92 Å². The van der Waals surface area contributed by atoms with Crippen molar-refractivity contribution in [2.24, 2.45) is 0 Å². The molecule has 3 rings (SSSR count). The largest absolute Gasteiger partial charge is 0.323 e. The molecule has 3 nitrogen and oxygen atoms in total. The lowest BCUT2D eigenvalue weighted by Gasteiger charge is -2.09. The molecule has 0 spiro atoms. The number of halogens is 1. The van der Waals surface area contributed by atoms with Crippen LogP contribution in [0.3, 0.4) is 0 Å². The van der Waals surface area contributed by atoms with Gasteiger partial charge < -0.3 is 9.97 Å². The van der Waals surface area contributed by atoms with Crippen molar-refractivity contribution in [3.63, 3.8) is 0 Å². The van der Waals surface area contributed by atoms with Gasteiger partial charge in [0.05, 0.1) is 0 Å². The maximum atomic E-state index is 13.1. The van der Waals surface area contributed by atoms with Crippen LogP contribution in [-0.4, -0.2) is 9.97 Å². The minimum absolute atomic E-state index is 0.167. The highest BCUT2D eigenvalue weighted by Crippen LogP contribution is 2.35. The summed E-state index contributed by atoms with van der Waals surface area (Å²) in [6, 6.07) is 5.00. The summed E-state index contributed by atoms with van der Waals surface area (Å²) >= 11 is 0. The van der Waals surface area contributed by atoms with E-state index in [4.69, 9.17) is 0 Å². The van der Waals surface area contributed by atoms with Crippen LogP contribution in [0.5, 0.6) is 0 Å². The number of hydrogen-bond acceptors (Lipinski definition) is 1. The molecule has 0 aliphatic heterocycles. The van der Waals surface area contributed by atoms with Crippen molar-refractivity contribution in [3.05, 3.63) is 57.5 Å². The van der Waals surface area contributed by atoms with Crippen molar-refractivity contribution in [1.29, 1.82) is 0 Å². The van der Waals surface area contributed by atoms with E-state index >= 15 is 0 Å². The van der Waals surface area contributed by atoms with Gasteiger partial charge in [-0.1, -0.05) is 6.07 Å². The van der Waals surface area contributed by atoms with E-state index in [1.54, 1.807) is 12.3 Å². The molecule has 0 amide bonds. The number of H-pyrrole nitrogens is 2. The first-order valence-electron chi connectivity index (χ1n) is 5.77. The average molecular weight is 232 g/mol. The van der Waals surface area contributed by atoms with E-state index < -0.39 is 0 Å². The first-order chi connectivity index (χ1) is 8.22. The number of hydrogen-bond donors (Lipinski definition) is 2. The van der Waals surface area contributed by atoms with Crippen LogP contribution in [0.2, 0.25) is 0 Å². The Morgan fingerprint density at radius 1 is 1.41 bits per heavy atom. The van der Waals surface area contributed by atoms with Crippen LogP contribution in [0.1, 0.15) is 29.2 Å². The molecule has 88 valence electrons. The minimum atomic E-state index is -0.169. The van der Waals surface area contributed by atoms with Gasteiger partial charge in [-0.2, -0.15) is 0 Å². The number of aromatic amines is 2. The van der Waals surface area contributed by atoms with Crippen LogP contribution in [0.15, 0.2) is 29.2 Å². The summed E-state index contributed by atoms with van der Waals surface area (Å²) in [5.41, 5.74) is 3.07. The van der Waals surface area contributed by atoms with Gasteiger partial charge in [0.2, 0.25) is 0 Å². The molecule has 1 heterocycles. The zero-order chi connectivity index (χ0) is 11.8. The molecule has 1 aromatic carbocycles. The number of imidazole rings is 1. The Morgan fingerprint density at radius 2 is 2.29 bits per heavy atom. The molecule has 2 N–H and O–H groups in total. The highest BCUT2D eigenvalue weighted by Gasteiger charge is 2.23. The van der Waals surface area contributed by atoms with Gasteiger partial charge in [0, 0.05) is 11.9 Å². The summed E-state index contributed by atoms with van der Waals surface area (Å²) in [4.78, 5) is 16.4. The Morgan fingerprint density at radius 3 is 3.06 bits per heavy atom. The van der Waals surface area contributed by atoms with Crippen molar-refractivity contribution in [1.82, 2.24) is 9.97 Å². The van der Waals surface area contributed by atoms with Crippen LogP contribution < -0.4 is 5.69 Å². The van der Waals surface area contributed by atoms with Gasteiger partial charge in [-0.25, -0.2) is 9.18 Å². The fourth-order valence-electron chi connectivity index (χ4n) is 2.63. The third kappa shape index (κ3) is 1.90. The van der Waals surface area contributed by atoms with Crippen molar-refractivity contribution in [2.75, 3.05) is 0 Å². The third-order valence-electron chi connectivity index (χ3n) is 3.42. The average Bonchev–Trinajstić information content (AvgIpc) is 2.86. The van der Waals surface area contributed by atoms with Crippen LogP contribution in [0.4, 0.5) is 4.39 Å². The van der Waals surface area contributed by atoms with Gasteiger partial charge in [-0.05, 0) is 48.4 Å². The van der Waals surface area contributed by atoms with E-state index in [-0.39, 0.29) is 11.5 Å². The fourth-order valence-corrected chi connectivity index (χ4v) is 2.63. The summed E-state index contributed by atoms with van der Waals surface area (Å²) in [6.07, 6.45) is 4.46. The van der Waals surface area contributed by atoms with Crippen LogP contribution in [0, 0.1) is 5.82 Å². The van der Waals surface area contributed by atoms with Crippen molar-refractivity contribution in [3.8, 4) is 0 Å². The van der Waals surface area contributed by atoms with E-state index in [1.807, 2.05) is 6.07 Å². The Balaban J connectivity index is 1.86. The second-order valence-corrected chi connectivity index (χ2v) is 4.55. The summed E-state index contributed by atoms with van der Waals surface area (Å²) in [5, 5.41) is 0. The smallest absolute Gasteiger partial charge is 0.313 e. The zero-order valence-corrected chi connectivity index (χ0v) is 9.29. The molecule has 0 unspecified atom stereocenters. The van der Waals surface area contributed by atoms with E-state index in [1.165, 1.54) is 11.6 Å². The maximum Gasteiger partial charge on any atom is 0.323 e. The summed E-state index contributed by atoms with van der Waals surface area (Å²) in [5.74, 6) is 0.219. The predicted octanol–water partition coefficient (Wildman–Crippen LogP) is 2.11. The van der Waals surface area contributed by atoms with Gasteiger partial charge in [0.15, 0.2) is 0 Å². The lowest BCUT2D eigenvalue weighted by Crippen LogP contribution is -2.03. The summed E-state index contributed by atoms with van der Waals surface area (Å²) in [7, 11) is 0. The quantitative estimate of drug-likeness (QED) is 0.818. The molecule has 17 heavy (non-hydrogen) atoms. The molecule has 0 bridgehead atoms. The van der Waals surface area contributed by atoms with Crippen LogP contribution in [-0.2, 0) is 12.8 Å². The van der Waals surface area contributed by atoms with Crippen molar-refractivity contribution >= 4 is 0 Å². The van der Waals surface area contributed by atoms with E-state index in [9.17, 15) is 9.18 Å². The van der Waals surface area contributed by atoms with Gasteiger partial charge in [-0.3, -0.25) is 0 Å². The Bertz CT molecular complexity index is 599. The number of benzene rings is 1. The van der Waals surface area contributed by atoms with Crippen molar-refractivity contribution in [2.45, 2.75) is 25.2 Å². The number of aromatic nitrogens is 2. The second-order valence-electron chi connectivity index (χ2n) is 4.55. The molecule has 0 radical (unpaired) electrons. The van der Waals surface area contributed by atoms with E-state index in [0.717, 1.165) is 30.5 Å². The number of rotatable bonds is 2. The molecular weight excluding hydrogens is 219 g/mol. The first kappa shape index (κ1) is 10.3. The number of nitrogens with one attached hydrogen (secondary N) is 2. The Kier molecular flexibility index (Phi) is 2.35. The van der Waals surface area contributed by atoms with Gasteiger partial charge >= 0.3 is 5.69 Å². The normalized spacial score (nSPS) is 18.3. The molecule has 1 aromatic heterocycles. The Hall–Kier alpha value is -1.84. The molecule has 4 heteroatoms. The lowest BCUT2D eigenvalue weighted by molar-refractivity contribution is 0.625. The molecule has 1 aliphatic rings. The second kappa shape index (κ2) is 3.87. The molecule has 0 fully saturated rings. The lowest BCUT2D eigenvalue weighted by atomic mass is 9.96. The molecule has 0 saturated heterocycles.